The van der Waals surface area contributed by atoms with Crippen molar-refractivity contribution >= 4 is 59.8 Å². The number of thiazole rings is 1. The number of hydrogen-bond donors (Lipinski definition) is 0. The van der Waals surface area contributed by atoms with Gasteiger partial charge in [0, 0.05) is 22.1 Å². The van der Waals surface area contributed by atoms with Crippen LogP contribution in [0.5, 0.6) is 0 Å². The largest absolute Gasteiger partial charge is 0.269 e. The van der Waals surface area contributed by atoms with E-state index < -0.39 is 0 Å². The van der Waals surface area contributed by atoms with Gasteiger partial charge in [0.2, 0.25) is 0 Å². The topological polar surface area (TPSA) is 60.2 Å². The number of nitrogens with zero attached hydrogens (tertiary/aromatic N) is 4. The summed E-state index contributed by atoms with van der Waals surface area (Å²) in [5.74, 6) is 1.35. The zero-order valence-electron chi connectivity index (χ0n) is 16.3. The molecule has 1 aliphatic rings. The van der Waals surface area contributed by atoms with Crippen LogP contribution in [0.25, 0.3) is 25.4 Å². The summed E-state index contributed by atoms with van der Waals surface area (Å²) < 4.78 is 2.77. The van der Waals surface area contributed by atoms with E-state index >= 15 is 0 Å². The van der Waals surface area contributed by atoms with Crippen molar-refractivity contribution in [2.75, 3.05) is 0 Å². The molecule has 0 spiro atoms. The first-order chi connectivity index (χ1) is 14.7. The van der Waals surface area contributed by atoms with E-state index in [0.29, 0.717) is 5.75 Å². The molecule has 6 rings (SSSR count). The van der Waals surface area contributed by atoms with Crippen LogP contribution in [0.4, 0.5) is 0 Å². The van der Waals surface area contributed by atoms with E-state index in [1.165, 1.54) is 22.2 Å². The number of thiophene rings is 1. The van der Waals surface area contributed by atoms with Crippen molar-refractivity contribution < 1.29 is 0 Å². The Labute approximate surface area is 184 Å². The monoisotopic (exact) mass is 450 g/mol. The summed E-state index contributed by atoms with van der Waals surface area (Å²) in [7, 11) is 0. The lowest BCUT2D eigenvalue weighted by atomic mass is 9.89. The highest BCUT2D eigenvalue weighted by molar-refractivity contribution is 7.98. The molecular formula is C22H18N4OS3. The van der Waals surface area contributed by atoms with Gasteiger partial charge in [0.05, 0.1) is 15.9 Å². The number of fused-ring (bicyclic) bond motifs is 6. The molecule has 0 unspecified atom stereocenters. The molecule has 0 fully saturated rings. The third-order valence-electron chi connectivity index (χ3n) is 5.66. The van der Waals surface area contributed by atoms with E-state index in [4.69, 9.17) is 4.98 Å². The molecule has 5 aromatic rings. The summed E-state index contributed by atoms with van der Waals surface area (Å²) in [6.07, 6.45) is 5.12. The van der Waals surface area contributed by atoms with Crippen molar-refractivity contribution in [2.45, 2.75) is 37.0 Å². The zero-order valence-corrected chi connectivity index (χ0v) is 18.7. The SMILES string of the molecule is C[C@@H]1CCc2c(sc3ncnc(SCc4cc(=O)n5c(n4)sc4ccccc45)c23)C1. The third-order valence-corrected chi connectivity index (χ3v) is 8.87. The van der Waals surface area contributed by atoms with Gasteiger partial charge in [-0.3, -0.25) is 9.20 Å². The Balaban J connectivity index is 1.37. The highest BCUT2D eigenvalue weighted by Crippen LogP contribution is 2.41. The summed E-state index contributed by atoms with van der Waals surface area (Å²) in [6, 6.07) is 9.59. The van der Waals surface area contributed by atoms with E-state index in [0.717, 1.165) is 49.5 Å². The minimum atomic E-state index is -0.0252. The van der Waals surface area contributed by atoms with Crippen LogP contribution in [0.1, 0.15) is 29.5 Å². The Hall–Kier alpha value is -2.29. The lowest BCUT2D eigenvalue weighted by Crippen LogP contribution is -2.13. The average molecular weight is 451 g/mol. The first-order valence-electron chi connectivity index (χ1n) is 9.95. The van der Waals surface area contributed by atoms with Crippen molar-refractivity contribution in [3.8, 4) is 0 Å². The van der Waals surface area contributed by atoms with Crippen LogP contribution in [-0.2, 0) is 18.6 Å². The van der Waals surface area contributed by atoms with Gasteiger partial charge in [0.15, 0.2) is 4.96 Å². The molecule has 8 heteroatoms. The Bertz CT molecular complexity index is 1480. The zero-order chi connectivity index (χ0) is 20.2. The van der Waals surface area contributed by atoms with E-state index in [2.05, 4.69) is 16.9 Å². The maximum atomic E-state index is 12.8. The number of aryl methyl sites for hydroxylation is 1. The summed E-state index contributed by atoms with van der Waals surface area (Å²) >= 11 is 5.02. The highest BCUT2D eigenvalue weighted by atomic mass is 32.2. The Morgan fingerprint density at radius 3 is 3.07 bits per heavy atom. The standard InChI is InChI=1S/C22H18N4OS3/c1-12-6-7-14-17(8-12)29-21-19(14)20(23-11-24-21)28-10-13-9-18(27)26-15-4-2-3-5-16(15)30-22(26)25-13/h2-5,9,11-12H,6-8,10H2,1H3/t12-/m1/s1. The molecule has 4 aromatic heterocycles. The fourth-order valence-corrected chi connectivity index (χ4v) is 7.58. The molecule has 150 valence electrons. The second-order valence-electron chi connectivity index (χ2n) is 7.77. The number of rotatable bonds is 3. The maximum absolute atomic E-state index is 12.8. The molecule has 0 aliphatic heterocycles. The van der Waals surface area contributed by atoms with Crippen molar-refractivity contribution in [1.29, 1.82) is 0 Å². The molecule has 1 aliphatic carbocycles. The van der Waals surface area contributed by atoms with E-state index in [1.54, 1.807) is 39.9 Å². The van der Waals surface area contributed by atoms with Crippen LogP contribution < -0.4 is 5.56 Å². The number of aromatic nitrogens is 4. The Morgan fingerprint density at radius 1 is 1.23 bits per heavy atom. The summed E-state index contributed by atoms with van der Waals surface area (Å²) in [5, 5.41) is 2.22. The van der Waals surface area contributed by atoms with Gasteiger partial charge in [-0.2, -0.15) is 0 Å². The van der Waals surface area contributed by atoms with Crippen molar-refractivity contribution in [2.24, 2.45) is 5.92 Å². The molecule has 0 saturated heterocycles. The van der Waals surface area contributed by atoms with E-state index in [1.807, 2.05) is 35.6 Å². The van der Waals surface area contributed by atoms with Gasteiger partial charge in [-0.25, -0.2) is 15.0 Å². The summed E-state index contributed by atoms with van der Waals surface area (Å²) in [5.41, 5.74) is 3.12. The fraction of sp³-hybridized carbons (Fsp3) is 0.273. The van der Waals surface area contributed by atoms with Crippen LogP contribution in [0, 0.1) is 5.92 Å². The number of hydrogen-bond acceptors (Lipinski definition) is 7. The van der Waals surface area contributed by atoms with Gasteiger partial charge in [-0.05, 0) is 42.9 Å². The molecular weight excluding hydrogens is 432 g/mol. The quantitative estimate of drug-likeness (QED) is 0.275. The second-order valence-corrected chi connectivity index (χ2v) is 10.8. The van der Waals surface area contributed by atoms with Crippen LogP contribution in [-0.4, -0.2) is 19.4 Å². The average Bonchev–Trinajstić information content (AvgIpc) is 3.30. The molecule has 0 bridgehead atoms. The van der Waals surface area contributed by atoms with Crippen molar-refractivity contribution in [1.82, 2.24) is 19.4 Å². The van der Waals surface area contributed by atoms with Crippen LogP contribution >= 0.6 is 34.4 Å². The fourth-order valence-electron chi connectivity index (χ4n) is 4.20. The molecule has 0 N–H and O–H groups in total. The second kappa shape index (κ2) is 7.14. The van der Waals surface area contributed by atoms with Gasteiger partial charge < -0.3 is 0 Å². The predicted molar refractivity (Wildman–Crippen MR) is 125 cm³/mol. The first-order valence-corrected chi connectivity index (χ1v) is 12.6. The van der Waals surface area contributed by atoms with Gasteiger partial charge in [-0.15, -0.1) is 11.3 Å². The van der Waals surface area contributed by atoms with Crippen LogP contribution in [0.2, 0.25) is 0 Å². The normalized spacial score (nSPS) is 16.5. The maximum Gasteiger partial charge on any atom is 0.259 e. The highest BCUT2D eigenvalue weighted by Gasteiger charge is 2.23. The van der Waals surface area contributed by atoms with Gasteiger partial charge in [-0.1, -0.05) is 42.2 Å². The van der Waals surface area contributed by atoms with Gasteiger partial charge in [0.25, 0.3) is 5.56 Å². The molecule has 0 amide bonds. The molecule has 0 radical (unpaired) electrons. The lowest BCUT2D eigenvalue weighted by Gasteiger charge is -2.18. The number of benzene rings is 1. The van der Waals surface area contributed by atoms with Crippen LogP contribution in [0.15, 0.2) is 46.5 Å². The third kappa shape index (κ3) is 2.97. The van der Waals surface area contributed by atoms with Crippen LogP contribution in [0.3, 0.4) is 0 Å². The molecule has 5 nitrogen and oxygen atoms in total. The summed E-state index contributed by atoms with van der Waals surface area (Å²) in [4.78, 5) is 30.0. The molecule has 30 heavy (non-hydrogen) atoms. The van der Waals surface area contributed by atoms with Crippen molar-refractivity contribution in [3.63, 3.8) is 0 Å². The predicted octanol–water partition coefficient (Wildman–Crippen LogP) is 5.33. The number of para-hydroxylation sites is 1. The van der Waals surface area contributed by atoms with Crippen molar-refractivity contribution in [3.05, 3.63) is 63.1 Å². The van der Waals surface area contributed by atoms with E-state index in [9.17, 15) is 4.79 Å². The minimum absolute atomic E-state index is 0.0252. The van der Waals surface area contributed by atoms with Gasteiger partial charge in [0.1, 0.15) is 16.2 Å². The van der Waals surface area contributed by atoms with Gasteiger partial charge >= 0.3 is 0 Å². The number of thioether (sulfide) groups is 1. The smallest absolute Gasteiger partial charge is 0.259 e. The minimum Gasteiger partial charge on any atom is -0.269 e. The van der Waals surface area contributed by atoms with E-state index in [-0.39, 0.29) is 5.56 Å². The molecule has 1 atom stereocenters. The Kier molecular flexibility index (Phi) is 4.40. The molecule has 4 heterocycles. The lowest BCUT2D eigenvalue weighted by molar-refractivity contribution is 0.509. The molecule has 1 aromatic carbocycles. The Morgan fingerprint density at radius 2 is 2.13 bits per heavy atom. The summed E-state index contributed by atoms with van der Waals surface area (Å²) in [6.45, 7) is 2.32. The molecule has 0 saturated carbocycles. The first kappa shape index (κ1) is 18.5.